The molecule has 2 nitrogen and oxygen atoms in total. The highest BCUT2D eigenvalue weighted by atomic mass is 19.4. The van der Waals surface area contributed by atoms with Crippen molar-refractivity contribution in [3.63, 3.8) is 0 Å². The maximum Gasteiger partial charge on any atom is 0.416 e. The Labute approximate surface area is 108 Å². The maximum atomic E-state index is 12.6. The van der Waals surface area contributed by atoms with Gasteiger partial charge in [-0.15, -0.1) is 0 Å². The highest BCUT2D eigenvalue weighted by molar-refractivity contribution is 5.48. The molecule has 2 aromatic rings. The number of anilines is 1. The molecule has 0 heterocycles. The van der Waals surface area contributed by atoms with Gasteiger partial charge in [0.1, 0.15) is 11.5 Å². The molecule has 0 aromatic heterocycles. The monoisotopic (exact) mass is 267 g/mol. The lowest BCUT2D eigenvalue weighted by atomic mass is 10.2. The number of halogens is 3. The Morgan fingerprint density at radius 2 is 1.58 bits per heavy atom. The summed E-state index contributed by atoms with van der Waals surface area (Å²) in [6.07, 6.45) is -4.37. The van der Waals surface area contributed by atoms with Crippen LogP contribution >= 0.6 is 0 Å². The third kappa shape index (κ3) is 3.40. The van der Waals surface area contributed by atoms with Gasteiger partial charge >= 0.3 is 6.18 Å². The van der Waals surface area contributed by atoms with E-state index in [4.69, 9.17) is 4.74 Å². The summed E-state index contributed by atoms with van der Waals surface area (Å²) < 4.78 is 43.1. The van der Waals surface area contributed by atoms with Gasteiger partial charge in [-0.25, -0.2) is 0 Å². The third-order valence-corrected chi connectivity index (χ3v) is 2.52. The molecular weight excluding hydrogens is 255 g/mol. The Morgan fingerprint density at radius 1 is 0.947 bits per heavy atom. The number of nitrogens with one attached hydrogen (secondary N) is 1. The molecule has 100 valence electrons. The molecule has 1 N–H and O–H groups in total. The Bertz CT molecular complexity index is 567. The third-order valence-electron chi connectivity index (χ3n) is 2.52. The summed E-state index contributed by atoms with van der Waals surface area (Å²) in [7, 11) is 1.75. The van der Waals surface area contributed by atoms with Gasteiger partial charge in [-0.1, -0.05) is 12.1 Å². The van der Waals surface area contributed by atoms with Crippen LogP contribution in [0.15, 0.2) is 48.5 Å². The minimum Gasteiger partial charge on any atom is -0.457 e. The van der Waals surface area contributed by atoms with Gasteiger partial charge in [0.15, 0.2) is 0 Å². The van der Waals surface area contributed by atoms with E-state index in [2.05, 4.69) is 5.32 Å². The summed E-state index contributed by atoms with van der Waals surface area (Å²) in [5.41, 5.74) is 0.0965. The molecule has 0 aliphatic carbocycles. The molecule has 0 fully saturated rings. The average molecular weight is 267 g/mol. The van der Waals surface area contributed by atoms with Crippen molar-refractivity contribution in [3.8, 4) is 11.5 Å². The van der Waals surface area contributed by atoms with Crippen LogP contribution in [0.1, 0.15) is 5.56 Å². The van der Waals surface area contributed by atoms with E-state index in [-0.39, 0.29) is 5.75 Å². The highest BCUT2D eigenvalue weighted by Gasteiger charge is 2.30. The van der Waals surface area contributed by atoms with Crippen LogP contribution in [0.25, 0.3) is 0 Å². The second kappa shape index (κ2) is 5.22. The van der Waals surface area contributed by atoms with Crippen molar-refractivity contribution in [2.24, 2.45) is 0 Å². The van der Waals surface area contributed by atoms with Crippen LogP contribution < -0.4 is 10.1 Å². The normalized spacial score (nSPS) is 11.2. The van der Waals surface area contributed by atoms with Crippen molar-refractivity contribution in [2.45, 2.75) is 6.18 Å². The Kier molecular flexibility index (Phi) is 3.64. The topological polar surface area (TPSA) is 21.3 Å². The summed E-state index contributed by atoms with van der Waals surface area (Å²) in [5.74, 6) is 0.634. The van der Waals surface area contributed by atoms with E-state index >= 15 is 0 Å². The van der Waals surface area contributed by atoms with Crippen LogP contribution in [0.5, 0.6) is 11.5 Å². The van der Waals surface area contributed by atoms with Crippen molar-refractivity contribution in [1.29, 1.82) is 0 Å². The molecule has 0 bridgehead atoms. The fourth-order valence-corrected chi connectivity index (χ4v) is 1.59. The summed E-state index contributed by atoms with van der Waals surface area (Å²) in [5, 5.41) is 2.93. The minimum absolute atomic E-state index is 0.156. The zero-order valence-corrected chi connectivity index (χ0v) is 10.2. The van der Waals surface area contributed by atoms with Gasteiger partial charge in [0, 0.05) is 18.8 Å². The van der Waals surface area contributed by atoms with Crippen molar-refractivity contribution in [1.82, 2.24) is 0 Å². The minimum atomic E-state index is -4.37. The number of rotatable bonds is 3. The van der Waals surface area contributed by atoms with Gasteiger partial charge in [-0.3, -0.25) is 0 Å². The van der Waals surface area contributed by atoms with Gasteiger partial charge in [0.05, 0.1) is 5.56 Å². The van der Waals surface area contributed by atoms with Crippen LogP contribution in [0.4, 0.5) is 18.9 Å². The van der Waals surface area contributed by atoms with Crippen LogP contribution in [0, 0.1) is 0 Å². The van der Waals surface area contributed by atoms with E-state index in [0.717, 1.165) is 17.8 Å². The molecule has 0 radical (unpaired) electrons. The lowest BCUT2D eigenvalue weighted by Gasteiger charge is -2.10. The lowest BCUT2D eigenvalue weighted by Crippen LogP contribution is -2.04. The Hall–Kier alpha value is -2.17. The molecule has 0 saturated carbocycles. The van der Waals surface area contributed by atoms with Gasteiger partial charge in [-0.2, -0.15) is 13.2 Å². The largest absolute Gasteiger partial charge is 0.457 e. The number of hydrogen-bond acceptors (Lipinski definition) is 2. The van der Waals surface area contributed by atoms with E-state index in [0.29, 0.717) is 5.75 Å². The van der Waals surface area contributed by atoms with Crippen molar-refractivity contribution < 1.29 is 17.9 Å². The smallest absolute Gasteiger partial charge is 0.416 e. The summed E-state index contributed by atoms with van der Waals surface area (Å²) in [4.78, 5) is 0. The Morgan fingerprint density at radius 3 is 2.21 bits per heavy atom. The number of ether oxygens (including phenoxy) is 1. The van der Waals surface area contributed by atoms with Crippen LogP contribution in [-0.4, -0.2) is 7.05 Å². The van der Waals surface area contributed by atoms with Crippen LogP contribution in [-0.2, 0) is 6.18 Å². The fourth-order valence-electron chi connectivity index (χ4n) is 1.59. The number of hydrogen-bond donors (Lipinski definition) is 1. The van der Waals surface area contributed by atoms with Gasteiger partial charge in [-0.05, 0) is 30.3 Å². The van der Waals surface area contributed by atoms with Gasteiger partial charge < -0.3 is 10.1 Å². The number of benzene rings is 2. The molecule has 0 amide bonds. The molecule has 0 aliphatic rings. The Balaban J connectivity index is 2.23. The highest BCUT2D eigenvalue weighted by Crippen LogP contribution is 2.32. The molecular formula is C14H12F3NO. The second-order valence-electron chi connectivity index (χ2n) is 3.91. The van der Waals surface area contributed by atoms with Crippen molar-refractivity contribution in [2.75, 3.05) is 12.4 Å². The van der Waals surface area contributed by atoms with E-state index in [1.54, 1.807) is 25.2 Å². The van der Waals surface area contributed by atoms with Gasteiger partial charge in [0.2, 0.25) is 0 Å². The molecule has 2 rings (SSSR count). The first-order valence-electron chi connectivity index (χ1n) is 5.62. The van der Waals surface area contributed by atoms with Crippen LogP contribution in [0.3, 0.4) is 0 Å². The molecule has 0 spiro atoms. The maximum absolute atomic E-state index is 12.6. The van der Waals surface area contributed by atoms with Crippen molar-refractivity contribution in [3.05, 3.63) is 54.1 Å². The van der Waals surface area contributed by atoms with E-state index in [1.165, 1.54) is 12.1 Å². The number of alkyl halides is 3. The zero-order chi connectivity index (χ0) is 13.9. The second-order valence-corrected chi connectivity index (χ2v) is 3.91. The standard InChI is InChI=1S/C14H12F3NO/c1-18-11-5-3-7-13(9-11)19-12-6-2-4-10(8-12)14(15,16)17/h2-9,18H,1H3. The lowest BCUT2D eigenvalue weighted by molar-refractivity contribution is -0.137. The first kappa shape index (κ1) is 13.3. The summed E-state index contributed by atoms with van der Waals surface area (Å²) in [6, 6.07) is 11.8. The van der Waals surface area contributed by atoms with Crippen LogP contribution in [0.2, 0.25) is 0 Å². The van der Waals surface area contributed by atoms with Gasteiger partial charge in [0.25, 0.3) is 0 Å². The SMILES string of the molecule is CNc1cccc(Oc2cccc(C(F)(F)F)c2)c1. The summed E-state index contributed by atoms with van der Waals surface area (Å²) in [6.45, 7) is 0. The molecule has 19 heavy (non-hydrogen) atoms. The molecule has 0 saturated heterocycles. The quantitative estimate of drug-likeness (QED) is 0.881. The average Bonchev–Trinajstić information content (AvgIpc) is 2.38. The van der Waals surface area contributed by atoms with Crippen molar-refractivity contribution >= 4 is 5.69 Å². The van der Waals surface area contributed by atoms with E-state index in [1.807, 2.05) is 6.07 Å². The molecule has 0 atom stereocenters. The predicted octanol–water partition coefficient (Wildman–Crippen LogP) is 4.54. The van der Waals surface area contributed by atoms with E-state index < -0.39 is 11.7 Å². The fraction of sp³-hybridized carbons (Fsp3) is 0.143. The molecule has 0 aliphatic heterocycles. The molecule has 0 unspecified atom stereocenters. The first-order chi connectivity index (χ1) is 8.99. The molecule has 2 aromatic carbocycles. The molecule has 5 heteroatoms. The predicted molar refractivity (Wildman–Crippen MR) is 67.5 cm³/mol. The summed E-state index contributed by atoms with van der Waals surface area (Å²) >= 11 is 0. The first-order valence-corrected chi connectivity index (χ1v) is 5.62. The zero-order valence-electron chi connectivity index (χ0n) is 10.2. The van der Waals surface area contributed by atoms with E-state index in [9.17, 15) is 13.2 Å².